The first-order valence-electron chi connectivity index (χ1n) is 13.4. The van der Waals surface area contributed by atoms with Crippen LogP contribution in [0.5, 0.6) is 0 Å². The molecule has 0 fully saturated rings. The van der Waals surface area contributed by atoms with Gasteiger partial charge in [-0.3, -0.25) is 19.6 Å². The Balaban J connectivity index is 1.66. The minimum Gasteiger partial charge on any atom is -0.367 e. The molecule has 0 radical (unpaired) electrons. The van der Waals surface area contributed by atoms with Crippen LogP contribution in [0.3, 0.4) is 0 Å². The van der Waals surface area contributed by atoms with E-state index < -0.39 is 0 Å². The van der Waals surface area contributed by atoms with Gasteiger partial charge in [-0.1, -0.05) is 26.8 Å². The highest BCUT2D eigenvalue weighted by Gasteiger charge is 2.23. The van der Waals surface area contributed by atoms with E-state index in [2.05, 4.69) is 45.8 Å². The highest BCUT2D eigenvalue weighted by atomic mass is 16.1. The number of rotatable bonds is 8. The molecule has 4 heterocycles. The molecule has 198 valence electrons. The minimum absolute atomic E-state index is 0.105. The zero-order valence-electron chi connectivity index (χ0n) is 23.3. The van der Waals surface area contributed by atoms with Crippen LogP contribution in [0.15, 0.2) is 58.3 Å². The lowest BCUT2D eigenvalue weighted by Crippen LogP contribution is -2.31. The number of fused-ring (bicyclic) bond motifs is 1. The molecule has 1 unspecified atom stereocenters. The van der Waals surface area contributed by atoms with Crippen molar-refractivity contribution in [1.29, 1.82) is 0 Å². The second-order valence-corrected chi connectivity index (χ2v) is 10.2. The molecule has 0 saturated carbocycles. The summed E-state index contributed by atoms with van der Waals surface area (Å²) in [6, 6.07) is 7.62. The van der Waals surface area contributed by atoms with Crippen LogP contribution in [-0.2, 0) is 13.0 Å². The summed E-state index contributed by atoms with van der Waals surface area (Å²) in [7, 11) is 0. The van der Waals surface area contributed by atoms with Crippen molar-refractivity contribution in [3.05, 3.63) is 92.3 Å². The Hall–Kier alpha value is -3.87. The Morgan fingerprint density at radius 3 is 2.58 bits per heavy atom. The Labute approximate surface area is 224 Å². The average Bonchev–Trinajstić information content (AvgIpc) is 2.91. The Morgan fingerprint density at radius 2 is 1.89 bits per heavy atom. The van der Waals surface area contributed by atoms with Crippen LogP contribution in [0.2, 0.25) is 0 Å². The van der Waals surface area contributed by atoms with Gasteiger partial charge >= 0.3 is 0 Å². The number of pyridine rings is 2. The van der Waals surface area contributed by atoms with Crippen molar-refractivity contribution < 1.29 is 4.79 Å². The van der Waals surface area contributed by atoms with Crippen molar-refractivity contribution in [2.75, 3.05) is 6.54 Å². The fourth-order valence-electron chi connectivity index (χ4n) is 4.82. The molecule has 1 aliphatic heterocycles. The number of Topliss-reactive ketones (excluding diaryl/α,β-unsaturated/α-hetero) is 1. The summed E-state index contributed by atoms with van der Waals surface area (Å²) < 4.78 is 0. The summed E-state index contributed by atoms with van der Waals surface area (Å²) in [5.74, 6) is 0.116. The number of nitrogens with one attached hydrogen (secondary N) is 1. The average molecular weight is 512 g/mol. The number of nitrogens with zero attached hydrogens (tertiary/aromatic N) is 4. The summed E-state index contributed by atoms with van der Waals surface area (Å²) in [5, 5.41) is 0. The van der Waals surface area contributed by atoms with Crippen LogP contribution in [0.1, 0.15) is 80.7 Å². The molecule has 38 heavy (non-hydrogen) atoms. The molecule has 0 spiro atoms. The van der Waals surface area contributed by atoms with E-state index in [1.165, 1.54) is 17.2 Å². The third-order valence-corrected chi connectivity index (χ3v) is 7.33. The van der Waals surface area contributed by atoms with E-state index in [1.54, 1.807) is 0 Å². The summed E-state index contributed by atoms with van der Waals surface area (Å²) >= 11 is 0. The van der Waals surface area contributed by atoms with E-state index >= 15 is 0 Å². The lowest BCUT2D eigenvalue weighted by atomic mass is 9.97. The highest BCUT2D eigenvalue weighted by Crippen LogP contribution is 2.30. The first-order valence-corrected chi connectivity index (χ1v) is 13.4. The van der Waals surface area contributed by atoms with E-state index in [4.69, 9.17) is 4.98 Å². The van der Waals surface area contributed by atoms with Gasteiger partial charge in [0, 0.05) is 72.1 Å². The van der Waals surface area contributed by atoms with Crippen molar-refractivity contribution in [1.82, 2.24) is 24.8 Å². The molecule has 1 atom stereocenters. The molecule has 1 aliphatic rings. The van der Waals surface area contributed by atoms with E-state index in [9.17, 15) is 9.59 Å². The van der Waals surface area contributed by atoms with Crippen molar-refractivity contribution >= 4 is 11.9 Å². The van der Waals surface area contributed by atoms with Crippen LogP contribution < -0.4 is 5.56 Å². The monoisotopic (exact) mass is 511 g/mol. The number of aromatic nitrogens is 4. The quantitative estimate of drug-likeness (QED) is 0.299. The first-order chi connectivity index (χ1) is 18.2. The molecule has 0 aromatic carbocycles. The zero-order chi connectivity index (χ0) is 27.4. The molecule has 0 aliphatic carbocycles. The molecule has 0 saturated heterocycles. The maximum Gasteiger partial charge on any atom is 0.251 e. The van der Waals surface area contributed by atoms with Gasteiger partial charge in [0.25, 0.3) is 5.56 Å². The maximum absolute atomic E-state index is 12.7. The van der Waals surface area contributed by atoms with E-state index in [0.29, 0.717) is 12.2 Å². The fraction of sp³-hybridized carbons (Fsp3) is 0.387. The third kappa shape index (κ3) is 5.98. The highest BCUT2D eigenvalue weighted by molar-refractivity contribution is 5.95. The van der Waals surface area contributed by atoms with Gasteiger partial charge in [-0.15, -0.1) is 0 Å². The lowest BCUT2D eigenvalue weighted by molar-refractivity contribution is 0.0921. The molecule has 4 rings (SSSR count). The van der Waals surface area contributed by atoms with Gasteiger partial charge < -0.3 is 9.88 Å². The van der Waals surface area contributed by atoms with Gasteiger partial charge in [0.05, 0.1) is 0 Å². The standard InChI is InChI=1S/C31H37N5O2/c1-7-19(3)30(21(5)13-28-34-27(15-29(37)35-28)31(38)20(4)8-2)36-12-11-26-25(18-36)14-24(17-33-26)23-10-9-22(6)32-16-23/h9-10,13-17,20H,7-8,11-12,18H2,1-6H3,(H,34,35,37)/b21-13-,30-19-. The van der Waals surface area contributed by atoms with Crippen LogP contribution in [0.4, 0.5) is 0 Å². The van der Waals surface area contributed by atoms with Crippen molar-refractivity contribution in [3.63, 3.8) is 0 Å². The molecular weight excluding hydrogens is 474 g/mol. The van der Waals surface area contributed by atoms with Crippen LogP contribution in [0.25, 0.3) is 17.2 Å². The number of allylic oxidation sites excluding steroid dienone is 2. The predicted molar refractivity (Wildman–Crippen MR) is 152 cm³/mol. The number of hydrogen-bond donors (Lipinski definition) is 1. The fourth-order valence-corrected chi connectivity index (χ4v) is 4.82. The van der Waals surface area contributed by atoms with Crippen molar-refractivity contribution in [3.8, 4) is 11.1 Å². The summed E-state index contributed by atoms with van der Waals surface area (Å²) in [5.41, 5.74) is 8.73. The van der Waals surface area contributed by atoms with Gasteiger partial charge in [-0.05, 0) is 68.5 Å². The Kier molecular flexibility index (Phi) is 8.35. The van der Waals surface area contributed by atoms with Crippen LogP contribution in [0, 0.1) is 12.8 Å². The molecule has 0 bridgehead atoms. The van der Waals surface area contributed by atoms with Gasteiger partial charge in [0.2, 0.25) is 0 Å². The molecule has 1 N–H and O–H groups in total. The molecule has 3 aromatic heterocycles. The van der Waals surface area contributed by atoms with Crippen LogP contribution >= 0.6 is 0 Å². The normalized spacial score (nSPS) is 15.1. The summed E-state index contributed by atoms with van der Waals surface area (Å²) in [6.45, 7) is 13.7. The molecule has 7 nitrogen and oxygen atoms in total. The van der Waals surface area contributed by atoms with Crippen molar-refractivity contribution in [2.45, 2.75) is 67.3 Å². The van der Waals surface area contributed by atoms with Crippen molar-refractivity contribution in [2.24, 2.45) is 5.92 Å². The number of ketones is 1. The van der Waals surface area contributed by atoms with Gasteiger partial charge in [0.1, 0.15) is 11.5 Å². The third-order valence-electron chi connectivity index (χ3n) is 7.33. The lowest BCUT2D eigenvalue weighted by Gasteiger charge is -2.34. The predicted octanol–water partition coefficient (Wildman–Crippen LogP) is 5.91. The second kappa shape index (κ2) is 11.7. The molecule has 0 amide bonds. The van der Waals surface area contributed by atoms with Gasteiger partial charge in [-0.25, -0.2) is 4.98 Å². The van der Waals surface area contributed by atoms with Gasteiger partial charge in [-0.2, -0.15) is 0 Å². The summed E-state index contributed by atoms with van der Waals surface area (Å²) in [4.78, 5) is 44.0. The molecule has 3 aromatic rings. The zero-order valence-corrected chi connectivity index (χ0v) is 23.3. The van der Waals surface area contributed by atoms with Gasteiger partial charge in [0.15, 0.2) is 5.78 Å². The van der Waals surface area contributed by atoms with E-state index in [1.807, 2.05) is 52.2 Å². The number of aromatic amines is 1. The number of aryl methyl sites for hydroxylation is 1. The second-order valence-electron chi connectivity index (χ2n) is 10.2. The Morgan fingerprint density at radius 1 is 1.13 bits per heavy atom. The van der Waals surface area contributed by atoms with Crippen LogP contribution in [-0.4, -0.2) is 37.2 Å². The number of carbonyl (C=O) groups excluding carboxylic acids is 1. The SMILES string of the molecule is CC/C(C)=C(/C(C)=C\c1nc(C(=O)C(C)CC)cc(=O)[nH]1)N1CCc2ncc(-c3ccc(C)nc3)cc2C1. The largest absolute Gasteiger partial charge is 0.367 e. The number of H-pyrrole nitrogens is 1. The topological polar surface area (TPSA) is 91.8 Å². The number of hydrogen-bond acceptors (Lipinski definition) is 6. The minimum atomic E-state index is -0.320. The molecular formula is C31H37N5O2. The Bertz CT molecular complexity index is 1450. The number of carbonyl (C=O) groups is 1. The first kappa shape index (κ1) is 27.2. The molecule has 7 heteroatoms. The maximum atomic E-state index is 12.7. The van der Waals surface area contributed by atoms with E-state index in [0.717, 1.165) is 59.7 Å². The summed E-state index contributed by atoms with van der Waals surface area (Å²) in [6.07, 6.45) is 8.17. The van der Waals surface area contributed by atoms with E-state index in [-0.39, 0.29) is 23.0 Å². The smallest absolute Gasteiger partial charge is 0.251 e.